The third-order valence-electron chi connectivity index (χ3n) is 8.14. The molecule has 0 unspecified atom stereocenters. The quantitative estimate of drug-likeness (QED) is 0.331. The van der Waals surface area contributed by atoms with E-state index in [2.05, 4.69) is 19.9 Å². The van der Waals surface area contributed by atoms with Crippen LogP contribution in [0.15, 0.2) is 59.9 Å². The van der Waals surface area contributed by atoms with Gasteiger partial charge < -0.3 is 19.5 Å². The van der Waals surface area contributed by atoms with Gasteiger partial charge in [-0.25, -0.2) is 19.7 Å². The van der Waals surface area contributed by atoms with Gasteiger partial charge in [0.2, 0.25) is 5.91 Å². The van der Waals surface area contributed by atoms with E-state index in [0.29, 0.717) is 61.2 Å². The van der Waals surface area contributed by atoms with Gasteiger partial charge in [-0.05, 0) is 38.0 Å². The number of aromatic nitrogens is 6. The number of piperidine rings is 1. The molecule has 0 atom stereocenters. The number of carbonyl (C=O) groups excluding carboxylic acids is 1. The smallest absolute Gasteiger partial charge is 0.327 e. The predicted octanol–water partition coefficient (Wildman–Crippen LogP) is 3.22. The van der Waals surface area contributed by atoms with Crippen LogP contribution < -0.4 is 10.6 Å². The van der Waals surface area contributed by atoms with Crippen molar-refractivity contribution in [1.82, 2.24) is 34.0 Å². The molecular weight excluding hydrogens is 544 g/mol. The van der Waals surface area contributed by atoms with Crippen LogP contribution in [0.3, 0.4) is 0 Å². The first-order chi connectivity index (χ1) is 19.8. The summed E-state index contributed by atoms with van der Waals surface area (Å²) in [6.45, 7) is 3.91. The monoisotopic (exact) mass is 572 g/mol. The Labute approximate surface area is 240 Å². The predicted molar refractivity (Wildman–Crippen MR) is 156 cm³/mol. The molecule has 1 amide bonds. The lowest BCUT2D eigenvalue weighted by Gasteiger charge is -2.45. The highest BCUT2D eigenvalue weighted by Gasteiger charge is 2.39. The fourth-order valence-electron chi connectivity index (χ4n) is 6.22. The molecule has 7 rings (SSSR count). The molecule has 0 spiro atoms. The van der Waals surface area contributed by atoms with Crippen molar-refractivity contribution >= 4 is 45.5 Å². The standard InChI is InChI=1S/C29H29ClN8O3/c1-29(41)15-37(16-29)27-24-20(19-5-2-3-6-21(19)30)13-36(26(24)32-17-33-27)14-23(39)35-11-8-18(9-12-35)38-22-7-4-10-31-25(22)34-28(38)40/h2-7,10,13,17-18,41H,8-9,11-12,14-16H2,1H3,(H,31,34,40). The number of amides is 1. The minimum absolute atomic E-state index is 0.00670. The number of imidazole rings is 1. The Morgan fingerprint density at radius 1 is 1.10 bits per heavy atom. The number of hydrogen-bond donors (Lipinski definition) is 2. The number of likely N-dealkylation sites (tertiary alicyclic amines) is 1. The van der Waals surface area contributed by atoms with Gasteiger partial charge in [0.25, 0.3) is 0 Å². The number of rotatable bonds is 5. The Kier molecular flexibility index (Phi) is 6.09. The second kappa shape index (κ2) is 9.71. The molecule has 2 aliphatic rings. The molecule has 4 aromatic heterocycles. The second-order valence-electron chi connectivity index (χ2n) is 11.2. The van der Waals surface area contributed by atoms with Crippen LogP contribution in [0, 0.1) is 0 Å². The Balaban J connectivity index is 1.16. The number of aromatic amines is 1. The summed E-state index contributed by atoms with van der Waals surface area (Å²) in [5, 5.41) is 11.8. The molecule has 0 aliphatic carbocycles. The van der Waals surface area contributed by atoms with Gasteiger partial charge in [0, 0.05) is 60.8 Å². The first-order valence-corrected chi connectivity index (χ1v) is 14.1. The zero-order valence-corrected chi connectivity index (χ0v) is 23.3. The van der Waals surface area contributed by atoms with Crippen LogP contribution in [0.5, 0.6) is 0 Å². The van der Waals surface area contributed by atoms with Gasteiger partial charge in [0.15, 0.2) is 5.65 Å². The normalized spacial score (nSPS) is 17.3. The Morgan fingerprint density at radius 2 is 1.88 bits per heavy atom. The third kappa shape index (κ3) is 4.45. The van der Waals surface area contributed by atoms with Crippen molar-refractivity contribution in [2.45, 2.75) is 38.0 Å². The fraction of sp³-hybridized carbons (Fsp3) is 0.345. The number of fused-ring (bicyclic) bond motifs is 2. The maximum Gasteiger partial charge on any atom is 0.327 e. The van der Waals surface area contributed by atoms with E-state index in [1.165, 1.54) is 6.33 Å². The summed E-state index contributed by atoms with van der Waals surface area (Å²) in [7, 11) is 0. The van der Waals surface area contributed by atoms with E-state index in [1.807, 2.05) is 57.0 Å². The molecule has 2 N–H and O–H groups in total. The number of H-pyrrole nitrogens is 1. The molecule has 6 heterocycles. The number of benzene rings is 1. The van der Waals surface area contributed by atoms with Crippen molar-refractivity contribution in [2.24, 2.45) is 0 Å². The summed E-state index contributed by atoms with van der Waals surface area (Å²) in [5.74, 6) is 0.688. The van der Waals surface area contributed by atoms with Crippen molar-refractivity contribution in [3.8, 4) is 11.1 Å². The van der Waals surface area contributed by atoms with E-state index < -0.39 is 5.60 Å². The van der Waals surface area contributed by atoms with Crippen molar-refractivity contribution in [2.75, 3.05) is 31.1 Å². The summed E-state index contributed by atoms with van der Waals surface area (Å²) in [4.78, 5) is 46.3. The Hall–Kier alpha value is -4.22. The van der Waals surface area contributed by atoms with Crippen molar-refractivity contribution in [1.29, 1.82) is 0 Å². The Bertz CT molecular complexity index is 1840. The number of carbonyl (C=O) groups is 1. The zero-order chi connectivity index (χ0) is 28.3. The highest BCUT2D eigenvalue weighted by atomic mass is 35.5. The van der Waals surface area contributed by atoms with Gasteiger partial charge in [0.1, 0.15) is 24.3 Å². The molecule has 0 saturated carbocycles. The lowest BCUT2D eigenvalue weighted by atomic mass is 9.96. The number of hydrogen-bond acceptors (Lipinski definition) is 7. The molecule has 11 nitrogen and oxygen atoms in total. The lowest BCUT2D eigenvalue weighted by Crippen LogP contribution is -2.60. The van der Waals surface area contributed by atoms with Crippen LogP contribution in [0.4, 0.5) is 5.82 Å². The van der Waals surface area contributed by atoms with E-state index in [-0.39, 0.29) is 24.2 Å². The van der Waals surface area contributed by atoms with Gasteiger partial charge in [0.05, 0.1) is 16.5 Å². The van der Waals surface area contributed by atoms with E-state index in [1.54, 1.807) is 17.7 Å². The average Bonchev–Trinajstić information content (AvgIpc) is 3.49. The minimum atomic E-state index is -0.777. The first-order valence-electron chi connectivity index (χ1n) is 13.7. The van der Waals surface area contributed by atoms with Crippen molar-refractivity contribution in [3.05, 3.63) is 70.6 Å². The van der Waals surface area contributed by atoms with Crippen LogP contribution in [-0.4, -0.2) is 76.8 Å². The maximum absolute atomic E-state index is 13.6. The van der Waals surface area contributed by atoms with Gasteiger partial charge in [-0.15, -0.1) is 0 Å². The molecule has 2 aliphatic heterocycles. The molecule has 41 heavy (non-hydrogen) atoms. The number of β-amino-alcohol motifs (C(OH)–C–C–N with tert-alkyl or cyclic N) is 1. The SMILES string of the molecule is CC1(O)CN(c2ncnc3c2c(-c2ccccc2Cl)cn3CC(=O)N2CCC(n3c(=O)[nH]c4ncccc43)CC2)C1. The fourth-order valence-corrected chi connectivity index (χ4v) is 6.46. The summed E-state index contributed by atoms with van der Waals surface area (Å²) in [6.07, 6.45) is 6.43. The van der Waals surface area contributed by atoms with Crippen LogP contribution in [-0.2, 0) is 11.3 Å². The van der Waals surface area contributed by atoms with Crippen LogP contribution >= 0.6 is 11.6 Å². The molecule has 0 radical (unpaired) electrons. The topological polar surface area (TPSA) is 125 Å². The average molecular weight is 573 g/mol. The second-order valence-corrected chi connectivity index (χ2v) is 11.6. The van der Waals surface area contributed by atoms with E-state index >= 15 is 0 Å². The number of aliphatic hydroxyl groups is 1. The van der Waals surface area contributed by atoms with Crippen LogP contribution in [0.25, 0.3) is 33.3 Å². The molecule has 1 aromatic carbocycles. The summed E-state index contributed by atoms with van der Waals surface area (Å²) in [5.41, 5.74) is 2.71. The van der Waals surface area contributed by atoms with Gasteiger partial charge in [-0.3, -0.25) is 14.3 Å². The molecule has 12 heteroatoms. The number of nitrogens with one attached hydrogen (secondary N) is 1. The van der Waals surface area contributed by atoms with Gasteiger partial charge in [-0.2, -0.15) is 0 Å². The highest BCUT2D eigenvalue weighted by molar-refractivity contribution is 6.33. The molecule has 2 saturated heterocycles. The summed E-state index contributed by atoms with van der Waals surface area (Å²) in [6, 6.07) is 11.3. The van der Waals surface area contributed by atoms with E-state index in [0.717, 1.165) is 22.0 Å². The van der Waals surface area contributed by atoms with Gasteiger partial charge in [-0.1, -0.05) is 29.8 Å². The van der Waals surface area contributed by atoms with Crippen LogP contribution in [0.2, 0.25) is 5.02 Å². The molecular formula is C29H29ClN8O3. The first kappa shape index (κ1) is 25.7. The number of halogens is 1. The van der Waals surface area contributed by atoms with E-state index in [4.69, 9.17) is 11.6 Å². The number of nitrogens with zero attached hydrogens (tertiary/aromatic N) is 7. The number of anilines is 1. The molecule has 210 valence electrons. The lowest BCUT2D eigenvalue weighted by molar-refractivity contribution is -0.133. The maximum atomic E-state index is 13.6. The zero-order valence-electron chi connectivity index (χ0n) is 22.5. The van der Waals surface area contributed by atoms with Crippen molar-refractivity contribution in [3.63, 3.8) is 0 Å². The number of pyridine rings is 1. The van der Waals surface area contributed by atoms with Crippen LogP contribution in [0.1, 0.15) is 25.8 Å². The summed E-state index contributed by atoms with van der Waals surface area (Å²) >= 11 is 6.62. The molecule has 2 fully saturated rings. The van der Waals surface area contributed by atoms with Gasteiger partial charge >= 0.3 is 5.69 Å². The largest absolute Gasteiger partial charge is 0.386 e. The highest BCUT2D eigenvalue weighted by Crippen LogP contribution is 2.40. The van der Waals surface area contributed by atoms with Crippen molar-refractivity contribution < 1.29 is 9.90 Å². The third-order valence-corrected chi connectivity index (χ3v) is 8.47. The summed E-state index contributed by atoms with van der Waals surface area (Å²) < 4.78 is 3.63. The minimum Gasteiger partial charge on any atom is -0.386 e. The van der Waals surface area contributed by atoms with E-state index in [9.17, 15) is 14.7 Å². The molecule has 5 aromatic rings. The Morgan fingerprint density at radius 3 is 2.63 bits per heavy atom. The molecule has 0 bridgehead atoms.